The van der Waals surface area contributed by atoms with Crippen LogP contribution in [0.1, 0.15) is 24.8 Å². The van der Waals surface area contributed by atoms with E-state index in [4.69, 9.17) is 4.74 Å². The Morgan fingerprint density at radius 2 is 2.16 bits per heavy atom. The number of unbranched alkanes of at least 4 members (excludes halogenated alkanes) is 2. The summed E-state index contributed by atoms with van der Waals surface area (Å²) in [5.74, 6) is 0. The topological polar surface area (TPSA) is 64.4 Å². The van der Waals surface area contributed by atoms with Gasteiger partial charge >= 0.3 is 0 Å². The van der Waals surface area contributed by atoms with Gasteiger partial charge in [0.25, 0.3) is 5.69 Å². The number of nitrogens with one attached hydrogen (secondary N) is 1. The fourth-order valence-corrected chi connectivity index (χ4v) is 2.20. The van der Waals surface area contributed by atoms with Crippen molar-refractivity contribution in [3.05, 3.63) is 38.3 Å². The molecule has 5 nitrogen and oxygen atoms in total. The molecule has 1 aromatic carbocycles. The van der Waals surface area contributed by atoms with E-state index in [0.717, 1.165) is 42.5 Å². The summed E-state index contributed by atoms with van der Waals surface area (Å²) in [6, 6.07) is 4.84. The molecule has 1 N–H and O–H groups in total. The minimum Gasteiger partial charge on any atom is -0.385 e. The molecule has 0 fully saturated rings. The molecule has 0 saturated heterocycles. The summed E-state index contributed by atoms with van der Waals surface area (Å²) in [6.07, 6.45) is 3.33. The van der Waals surface area contributed by atoms with E-state index < -0.39 is 4.92 Å². The van der Waals surface area contributed by atoms with Crippen LogP contribution in [-0.4, -0.2) is 25.2 Å². The van der Waals surface area contributed by atoms with Crippen LogP contribution in [0.3, 0.4) is 0 Å². The quantitative estimate of drug-likeness (QED) is 0.428. The van der Waals surface area contributed by atoms with Gasteiger partial charge in [0, 0.05) is 36.9 Å². The highest BCUT2D eigenvalue weighted by Gasteiger charge is 2.08. The molecule has 0 unspecified atom stereocenters. The number of hydrogen-bond acceptors (Lipinski definition) is 4. The molecule has 0 aliphatic carbocycles. The lowest BCUT2D eigenvalue weighted by atomic mass is 10.2. The van der Waals surface area contributed by atoms with Gasteiger partial charge in [-0.15, -0.1) is 0 Å². The largest absolute Gasteiger partial charge is 0.385 e. The van der Waals surface area contributed by atoms with Crippen molar-refractivity contribution in [1.82, 2.24) is 5.32 Å². The Morgan fingerprint density at radius 3 is 2.79 bits per heavy atom. The van der Waals surface area contributed by atoms with Crippen molar-refractivity contribution >= 4 is 21.6 Å². The first kappa shape index (κ1) is 16.1. The number of nitro groups is 1. The van der Waals surface area contributed by atoms with Crippen molar-refractivity contribution < 1.29 is 9.66 Å². The zero-order valence-corrected chi connectivity index (χ0v) is 12.6. The molecule has 0 spiro atoms. The molecule has 1 aromatic rings. The molecule has 6 heteroatoms. The molecular formula is C13H19BrN2O3. The van der Waals surface area contributed by atoms with Crippen LogP contribution < -0.4 is 5.32 Å². The van der Waals surface area contributed by atoms with Crippen molar-refractivity contribution in [2.45, 2.75) is 25.8 Å². The van der Waals surface area contributed by atoms with Crippen molar-refractivity contribution in [2.24, 2.45) is 0 Å². The van der Waals surface area contributed by atoms with E-state index in [2.05, 4.69) is 21.2 Å². The third-order valence-corrected chi connectivity index (χ3v) is 3.50. The minimum atomic E-state index is -0.391. The van der Waals surface area contributed by atoms with Crippen LogP contribution in [0.5, 0.6) is 0 Å². The maximum Gasteiger partial charge on any atom is 0.270 e. The number of nitrogens with zero attached hydrogens (tertiary/aromatic N) is 1. The van der Waals surface area contributed by atoms with Crippen molar-refractivity contribution in [1.29, 1.82) is 0 Å². The van der Waals surface area contributed by atoms with Gasteiger partial charge in [0.15, 0.2) is 0 Å². The lowest BCUT2D eigenvalue weighted by Gasteiger charge is -2.07. The van der Waals surface area contributed by atoms with Crippen LogP contribution in [0.15, 0.2) is 22.7 Å². The number of non-ortho nitro benzene ring substituents is 1. The van der Waals surface area contributed by atoms with Crippen molar-refractivity contribution in [3.8, 4) is 0 Å². The molecule has 0 aliphatic heterocycles. The lowest BCUT2D eigenvalue weighted by Crippen LogP contribution is -2.15. The van der Waals surface area contributed by atoms with Gasteiger partial charge in [-0.2, -0.15) is 0 Å². The van der Waals surface area contributed by atoms with Gasteiger partial charge in [-0.25, -0.2) is 0 Å². The number of hydrogen-bond donors (Lipinski definition) is 1. The molecule has 106 valence electrons. The Labute approximate surface area is 121 Å². The molecule has 0 saturated carbocycles. The first-order valence-corrected chi connectivity index (χ1v) is 7.07. The van der Waals surface area contributed by atoms with Gasteiger partial charge in [0.05, 0.1) is 4.92 Å². The van der Waals surface area contributed by atoms with E-state index in [-0.39, 0.29) is 5.69 Å². The minimum absolute atomic E-state index is 0.107. The predicted octanol–water partition coefficient (Wildman–Crippen LogP) is 3.26. The third kappa shape index (κ3) is 6.13. The van der Waals surface area contributed by atoms with Gasteiger partial charge in [0.1, 0.15) is 0 Å². The molecule has 19 heavy (non-hydrogen) atoms. The van der Waals surface area contributed by atoms with E-state index in [9.17, 15) is 10.1 Å². The number of benzene rings is 1. The predicted molar refractivity (Wildman–Crippen MR) is 78.2 cm³/mol. The van der Waals surface area contributed by atoms with E-state index in [1.54, 1.807) is 13.2 Å². The molecule has 0 heterocycles. The maximum atomic E-state index is 10.6. The smallest absolute Gasteiger partial charge is 0.270 e. The molecule has 0 aromatic heterocycles. The molecule has 0 aliphatic rings. The molecular weight excluding hydrogens is 312 g/mol. The summed E-state index contributed by atoms with van der Waals surface area (Å²) in [4.78, 5) is 10.2. The zero-order valence-electron chi connectivity index (χ0n) is 11.0. The Balaban J connectivity index is 2.28. The number of rotatable bonds is 9. The van der Waals surface area contributed by atoms with Crippen molar-refractivity contribution in [3.63, 3.8) is 0 Å². The first-order valence-electron chi connectivity index (χ1n) is 6.27. The molecule has 0 radical (unpaired) electrons. The molecule has 1 rings (SSSR count). The van der Waals surface area contributed by atoms with Gasteiger partial charge < -0.3 is 10.1 Å². The van der Waals surface area contributed by atoms with E-state index in [0.29, 0.717) is 6.54 Å². The number of ether oxygens (including phenoxy) is 1. The molecule has 0 atom stereocenters. The zero-order chi connectivity index (χ0) is 14.1. The van der Waals surface area contributed by atoms with Gasteiger partial charge in [-0.1, -0.05) is 15.9 Å². The van der Waals surface area contributed by atoms with E-state index in [1.807, 2.05) is 0 Å². The average Bonchev–Trinajstić information content (AvgIpc) is 2.39. The second-order valence-corrected chi connectivity index (χ2v) is 5.12. The Morgan fingerprint density at radius 1 is 1.37 bits per heavy atom. The Hall–Kier alpha value is -0.980. The van der Waals surface area contributed by atoms with Crippen molar-refractivity contribution in [2.75, 3.05) is 20.3 Å². The summed E-state index contributed by atoms with van der Waals surface area (Å²) in [7, 11) is 1.71. The fourth-order valence-electron chi connectivity index (χ4n) is 1.69. The number of halogens is 1. The second-order valence-electron chi connectivity index (χ2n) is 4.26. The highest BCUT2D eigenvalue weighted by molar-refractivity contribution is 9.10. The average molecular weight is 331 g/mol. The molecule has 0 amide bonds. The number of methoxy groups -OCH3 is 1. The Kier molecular flexibility index (Phi) is 7.62. The van der Waals surface area contributed by atoms with E-state index in [1.165, 1.54) is 12.1 Å². The lowest BCUT2D eigenvalue weighted by molar-refractivity contribution is -0.384. The summed E-state index contributed by atoms with van der Waals surface area (Å²) < 4.78 is 5.75. The summed E-state index contributed by atoms with van der Waals surface area (Å²) in [5.41, 5.74) is 1.14. The van der Waals surface area contributed by atoms with E-state index >= 15 is 0 Å². The van der Waals surface area contributed by atoms with Crippen LogP contribution >= 0.6 is 15.9 Å². The highest BCUT2D eigenvalue weighted by Crippen LogP contribution is 2.22. The SMILES string of the molecule is COCCCCCNCc1ccc([N+](=O)[O-])cc1Br. The van der Waals surface area contributed by atoms with Gasteiger partial charge in [-0.3, -0.25) is 10.1 Å². The van der Waals surface area contributed by atoms with Gasteiger partial charge in [0.2, 0.25) is 0 Å². The normalized spacial score (nSPS) is 10.6. The van der Waals surface area contributed by atoms with Crippen LogP contribution in [0.25, 0.3) is 0 Å². The summed E-state index contributed by atoms with van der Waals surface area (Å²) >= 11 is 3.36. The van der Waals surface area contributed by atoms with Gasteiger partial charge in [-0.05, 0) is 37.4 Å². The first-order chi connectivity index (χ1) is 9.15. The standard InChI is InChI=1S/C13H19BrN2O3/c1-19-8-4-2-3-7-15-10-11-5-6-12(16(17)18)9-13(11)14/h5-6,9,15H,2-4,7-8,10H2,1H3. The summed E-state index contributed by atoms with van der Waals surface area (Å²) in [6.45, 7) is 2.46. The Bertz CT molecular complexity index is 413. The highest BCUT2D eigenvalue weighted by atomic mass is 79.9. The fraction of sp³-hybridized carbons (Fsp3) is 0.538. The monoisotopic (exact) mass is 330 g/mol. The van der Waals surface area contributed by atoms with Crippen LogP contribution in [0, 0.1) is 10.1 Å². The van der Waals surface area contributed by atoms with Crippen LogP contribution in [0.2, 0.25) is 0 Å². The summed E-state index contributed by atoms with van der Waals surface area (Å²) in [5, 5.41) is 13.9. The van der Waals surface area contributed by atoms with Crippen LogP contribution in [0.4, 0.5) is 5.69 Å². The number of nitro benzene ring substituents is 1. The second kappa shape index (κ2) is 9.01. The maximum absolute atomic E-state index is 10.6. The van der Waals surface area contributed by atoms with Crippen LogP contribution in [-0.2, 0) is 11.3 Å². The third-order valence-electron chi connectivity index (χ3n) is 2.76. The molecule has 0 bridgehead atoms.